The number of carbonyl (C=O) groups is 1. The summed E-state index contributed by atoms with van der Waals surface area (Å²) in [6.07, 6.45) is 1.90. The standard InChI is InChI=1S/C12H18N6O/c1-8(2)18-6-4-5-10(18)12(19)13-7-9(3)11-14-16-17-15-11/h4-6,8-9H,7H2,1-3H3,(H,13,19)(H,14,15,16,17)/t9-/m0/s1. The zero-order valence-electron chi connectivity index (χ0n) is 11.3. The van der Waals surface area contributed by atoms with Crippen LogP contribution in [0.3, 0.4) is 0 Å². The number of amides is 1. The summed E-state index contributed by atoms with van der Waals surface area (Å²) in [5, 5.41) is 16.6. The van der Waals surface area contributed by atoms with Crippen LogP contribution in [0.2, 0.25) is 0 Å². The van der Waals surface area contributed by atoms with Crippen LogP contribution in [0.4, 0.5) is 0 Å². The lowest BCUT2D eigenvalue weighted by molar-refractivity contribution is 0.0940. The summed E-state index contributed by atoms with van der Waals surface area (Å²) in [6.45, 7) is 6.49. The van der Waals surface area contributed by atoms with Gasteiger partial charge in [-0.1, -0.05) is 12.1 Å². The van der Waals surface area contributed by atoms with Crippen molar-refractivity contribution in [2.75, 3.05) is 6.54 Å². The molecule has 0 aliphatic heterocycles. The highest BCUT2D eigenvalue weighted by Crippen LogP contribution is 2.11. The molecule has 0 fully saturated rings. The first kappa shape index (κ1) is 13.3. The van der Waals surface area contributed by atoms with Crippen molar-refractivity contribution in [3.63, 3.8) is 0 Å². The molecule has 2 rings (SSSR count). The number of H-pyrrole nitrogens is 1. The van der Waals surface area contributed by atoms with Gasteiger partial charge >= 0.3 is 0 Å². The van der Waals surface area contributed by atoms with Crippen LogP contribution in [0.5, 0.6) is 0 Å². The summed E-state index contributed by atoms with van der Waals surface area (Å²) >= 11 is 0. The Morgan fingerprint density at radius 3 is 2.89 bits per heavy atom. The third-order valence-corrected chi connectivity index (χ3v) is 2.94. The van der Waals surface area contributed by atoms with Gasteiger partial charge < -0.3 is 9.88 Å². The van der Waals surface area contributed by atoms with Crippen LogP contribution in [0.25, 0.3) is 0 Å². The lowest BCUT2D eigenvalue weighted by Gasteiger charge is -2.14. The van der Waals surface area contributed by atoms with Gasteiger partial charge in [-0.15, -0.1) is 10.2 Å². The molecule has 0 aliphatic rings. The second-order valence-electron chi connectivity index (χ2n) is 4.78. The molecule has 19 heavy (non-hydrogen) atoms. The first-order valence-corrected chi connectivity index (χ1v) is 6.28. The highest BCUT2D eigenvalue weighted by Gasteiger charge is 2.15. The summed E-state index contributed by atoms with van der Waals surface area (Å²) < 4.78 is 1.94. The summed E-state index contributed by atoms with van der Waals surface area (Å²) in [6, 6.07) is 3.94. The van der Waals surface area contributed by atoms with Gasteiger partial charge in [0.05, 0.1) is 0 Å². The third kappa shape index (κ3) is 2.98. The van der Waals surface area contributed by atoms with E-state index in [4.69, 9.17) is 0 Å². The van der Waals surface area contributed by atoms with Crippen molar-refractivity contribution >= 4 is 5.91 Å². The molecule has 0 aliphatic carbocycles. The fraction of sp³-hybridized carbons (Fsp3) is 0.500. The average molecular weight is 262 g/mol. The number of tetrazole rings is 1. The maximum atomic E-state index is 12.1. The van der Waals surface area contributed by atoms with E-state index in [0.717, 1.165) is 0 Å². The lowest BCUT2D eigenvalue weighted by atomic mass is 10.1. The molecule has 0 radical (unpaired) electrons. The number of carbonyl (C=O) groups excluding carboxylic acids is 1. The Balaban J connectivity index is 1.96. The van der Waals surface area contributed by atoms with E-state index in [1.165, 1.54) is 0 Å². The molecule has 2 aromatic rings. The third-order valence-electron chi connectivity index (χ3n) is 2.94. The molecule has 2 N–H and O–H groups in total. The van der Waals surface area contributed by atoms with E-state index >= 15 is 0 Å². The molecule has 0 aromatic carbocycles. The van der Waals surface area contributed by atoms with Crippen molar-refractivity contribution in [3.8, 4) is 0 Å². The second kappa shape index (κ2) is 5.64. The van der Waals surface area contributed by atoms with Crippen molar-refractivity contribution in [2.24, 2.45) is 0 Å². The molecule has 1 atom stereocenters. The number of aromatic nitrogens is 5. The van der Waals surface area contributed by atoms with Crippen molar-refractivity contribution in [1.82, 2.24) is 30.5 Å². The first-order valence-electron chi connectivity index (χ1n) is 6.28. The molecule has 7 heteroatoms. The minimum Gasteiger partial charge on any atom is -0.350 e. The number of hydrogen-bond donors (Lipinski definition) is 2. The normalized spacial score (nSPS) is 12.6. The SMILES string of the molecule is CC(C)n1cccc1C(=O)NC[C@H](C)c1nn[nH]n1. The molecule has 7 nitrogen and oxygen atoms in total. The molecule has 2 aromatic heterocycles. The van der Waals surface area contributed by atoms with E-state index < -0.39 is 0 Å². The summed E-state index contributed by atoms with van der Waals surface area (Å²) in [5.41, 5.74) is 0.662. The van der Waals surface area contributed by atoms with Crippen LogP contribution < -0.4 is 5.32 Å². The van der Waals surface area contributed by atoms with Gasteiger partial charge in [-0.05, 0) is 26.0 Å². The fourth-order valence-electron chi connectivity index (χ4n) is 1.84. The molecule has 1 amide bonds. The average Bonchev–Trinajstić information content (AvgIpc) is 3.04. The van der Waals surface area contributed by atoms with Crippen molar-refractivity contribution in [3.05, 3.63) is 29.8 Å². The Morgan fingerprint density at radius 1 is 1.47 bits per heavy atom. The van der Waals surface area contributed by atoms with Crippen molar-refractivity contribution in [1.29, 1.82) is 0 Å². The largest absolute Gasteiger partial charge is 0.350 e. The monoisotopic (exact) mass is 262 g/mol. The van der Waals surface area contributed by atoms with Crippen LogP contribution in [0.1, 0.15) is 49.0 Å². The van der Waals surface area contributed by atoms with E-state index in [2.05, 4.69) is 25.9 Å². The zero-order chi connectivity index (χ0) is 13.8. The van der Waals surface area contributed by atoms with Crippen LogP contribution >= 0.6 is 0 Å². The highest BCUT2D eigenvalue weighted by molar-refractivity contribution is 5.92. The quantitative estimate of drug-likeness (QED) is 0.845. The Labute approximate surface area is 111 Å². The van der Waals surface area contributed by atoms with Crippen LogP contribution in [-0.4, -0.2) is 37.6 Å². The Kier molecular flexibility index (Phi) is 3.94. The Hall–Kier alpha value is -2.18. The van der Waals surface area contributed by atoms with Crippen LogP contribution in [-0.2, 0) is 0 Å². The van der Waals surface area contributed by atoms with Gasteiger partial charge in [0.2, 0.25) is 0 Å². The molecular weight excluding hydrogens is 244 g/mol. The van der Waals surface area contributed by atoms with E-state index in [-0.39, 0.29) is 17.9 Å². The Morgan fingerprint density at radius 2 is 2.26 bits per heavy atom. The summed E-state index contributed by atoms with van der Waals surface area (Å²) in [4.78, 5) is 12.1. The zero-order valence-corrected chi connectivity index (χ0v) is 11.3. The van der Waals surface area contributed by atoms with Crippen LogP contribution in [0.15, 0.2) is 18.3 Å². The van der Waals surface area contributed by atoms with Crippen molar-refractivity contribution < 1.29 is 4.79 Å². The maximum absolute atomic E-state index is 12.1. The minimum absolute atomic E-state index is 0.0187. The first-order chi connectivity index (χ1) is 9.09. The van der Waals surface area contributed by atoms with Gasteiger partial charge in [-0.2, -0.15) is 5.21 Å². The molecular formula is C12H18N6O. The van der Waals surface area contributed by atoms with E-state index in [1.807, 2.05) is 43.7 Å². The minimum atomic E-state index is -0.0888. The van der Waals surface area contributed by atoms with Gasteiger partial charge in [-0.3, -0.25) is 4.79 Å². The predicted octanol–water partition coefficient (Wildman–Crippen LogP) is 1.12. The van der Waals surface area contributed by atoms with Gasteiger partial charge in [0.15, 0.2) is 5.82 Å². The van der Waals surface area contributed by atoms with Gasteiger partial charge in [-0.25, -0.2) is 0 Å². The predicted molar refractivity (Wildman–Crippen MR) is 69.7 cm³/mol. The molecule has 0 spiro atoms. The number of nitrogens with zero attached hydrogens (tertiary/aromatic N) is 4. The smallest absolute Gasteiger partial charge is 0.267 e. The van der Waals surface area contributed by atoms with E-state index in [0.29, 0.717) is 18.1 Å². The van der Waals surface area contributed by atoms with E-state index in [9.17, 15) is 4.79 Å². The Bertz CT molecular complexity index is 530. The molecule has 102 valence electrons. The van der Waals surface area contributed by atoms with Crippen LogP contribution in [0, 0.1) is 0 Å². The molecule has 2 heterocycles. The maximum Gasteiger partial charge on any atom is 0.267 e. The second-order valence-corrected chi connectivity index (χ2v) is 4.78. The van der Waals surface area contributed by atoms with Gasteiger partial charge in [0.25, 0.3) is 5.91 Å². The number of hydrogen-bond acceptors (Lipinski definition) is 4. The molecule has 0 unspecified atom stereocenters. The fourth-order valence-corrected chi connectivity index (χ4v) is 1.84. The molecule has 0 saturated heterocycles. The number of rotatable bonds is 5. The summed E-state index contributed by atoms with van der Waals surface area (Å²) in [7, 11) is 0. The molecule has 0 bridgehead atoms. The highest BCUT2D eigenvalue weighted by atomic mass is 16.1. The number of nitrogens with one attached hydrogen (secondary N) is 2. The number of aromatic amines is 1. The van der Waals surface area contributed by atoms with Crippen molar-refractivity contribution in [2.45, 2.75) is 32.7 Å². The topological polar surface area (TPSA) is 88.5 Å². The van der Waals surface area contributed by atoms with Gasteiger partial charge in [0, 0.05) is 24.7 Å². The van der Waals surface area contributed by atoms with Gasteiger partial charge in [0.1, 0.15) is 5.69 Å². The van der Waals surface area contributed by atoms with E-state index in [1.54, 1.807) is 0 Å². The lowest BCUT2D eigenvalue weighted by Crippen LogP contribution is -2.30. The summed E-state index contributed by atoms with van der Waals surface area (Å²) in [5.74, 6) is 0.527. The molecule has 0 saturated carbocycles.